The van der Waals surface area contributed by atoms with E-state index in [0.29, 0.717) is 42.8 Å². The van der Waals surface area contributed by atoms with Crippen LogP contribution in [-0.2, 0) is 25.8 Å². The Morgan fingerprint density at radius 1 is 1.09 bits per heavy atom. The Kier molecular flexibility index (Phi) is 7.05. The van der Waals surface area contributed by atoms with Crippen molar-refractivity contribution in [2.75, 3.05) is 41.7 Å². The number of anilines is 2. The minimum Gasteiger partial charge on any atom is -0.365 e. The van der Waals surface area contributed by atoms with Crippen LogP contribution in [0.15, 0.2) is 45.8 Å². The molecule has 4 rings (SSSR count). The molecular formula is C25H30BrN3O4S. The minimum absolute atomic E-state index is 0.0824. The fourth-order valence-corrected chi connectivity index (χ4v) is 6.98. The Labute approximate surface area is 209 Å². The quantitative estimate of drug-likeness (QED) is 0.571. The summed E-state index contributed by atoms with van der Waals surface area (Å²) in [4.78, 5) is 30.7. The number of piperazine rings is 1. The van der Waals surface area contributed by atoms with Crippen LogP contribution < -0.4 is 9.80 Å². The van der Waals surface area contributed by atoms with E-state index in [1.54, 1.807) is 11.0 Å². The van der Waals surface area contributed by atoms with E-state index in [-0.39, 0.29) is 34.9 Å². The third kappa shape index (κ3) is 5.00. The molecule has 1 fully saturated rings. The highest BCUT2D eigenvalue weighted by Gasteiger charge is 2.33. The van der Waals surface area contributed by atoms with Crippen LogP contribution >= 0.6 is 15.9 Å². The maximum atomic E-state index is 13.3. The largest absolute Gasteiger partial charge is 0.365 e. The molecule has 2 aromatic rings. The van der Waals surface area contributed by atoms with Gasteiger partial charge < -0.3 is 14.7 Å². The molecular weight excluding hydrogens is 518 g/mol. The van der Waals surface area contributed by atoms with Gasteiger partial charge in [-0.05, 0) is 50.1 Å². The van der Waals surface area contributed by atoms with Gasteiger partial charge in [-0.25, -0.2) is 8.42 Å². The predicted octanol–water partition coefficient (Wildman–Crippen LogP) is 3.57. The molecule has 0 N–H and O–H groups in total. The van der Waals surface area contributed by atoms with E-state index in [1.807, 2.05) is 6.07 Å². The Morgan fingerprint density at radius 2 is 1.79 bits per heavy atom. The van der Waals surface area contributed by atoms with Crippen molar-refractivity contribution in [2.24, 2.45) is 0 Å². The molecule has 2 aliphatic heterocycles. The van der Waals surface area contributed by atoms with Gasteiger partial charge in [-0.2, -0.15) is 0 Å². The Bertz CT molecular complexity index is 1210. The van der Waals surface area contributed by atoms with E-state index >= 15 is 0 Å². The molecule has 0 spiro atoms. The Balaban J connectivity index is 1.44. The summed E-state index contributed by atoms with van der Waals surface area (Å²) < 4.78 is 27.2. The van der Waals surface area contributed by atoms with Gasteiger partial charge in [0.2, 0.25) is 11.8 Å². The maximum Gasteiger partial charge on any atom is 0.223 e. The van der Waals surface area contributed by atoms with E-state index in [4.69, 9.17) is 0 Å². The van der Waals surface area contributed by atoms with Gasteiger partial charge in [0.25, 0.3) is 0 Å². The predicted molar refractivity (Wildman–Crippen MR) is 137 cm³/mol. The highest BCUT2D eigenvalue weighted by Crippen LogP contribution is 2.38. The summed E-state index contributed by atoms with van der Waals surface area (Å²) in [7, 11) is -3.76. The lowest BCUT2D eigenvalue weighted by Crippen LogP contribution is -2.54. The van der Waals surface area contributed by atoms with Crippen molar-refractivity contribution in [3.8, 4) is 0 Å². The number of nitrogens with zero attached hydrogens (tertiary/aromatic N) is 3. The molecule has 0 aliphatic carbocycles. The summed E-state index contributed by atoms with van der Waals surface area (Å²) in [5.74, 6) is -0.629. The van der Waals surface area contributed by atoms with Crippen LogP contribution in [-0.4, -0.2) is 63.1 Å². The molecule has 2 aliphatic rings. The zero-order valence-corrected chi connectivity index (χ0v) is 22.2. The summed E-state index contributed by atoms with van der Waals surface area (Å²) in [6, 6.07) is 11.9. The number of fused-ring (bicyclic) bond motifs is 1. The number of benzene rings is 2. The molecule has 34 heavy (non-hydrogen) atoms. The molecule has 182 valence electrons. The third-order valence-electron chi connectivity index (χ3n) is 6.64. The van der Waals surface area contributed by atoms with Gasteiger partial charge in [-0.15, -0.1) is 0 Å². The van der Waals surface area contributed by atoms with Crippen LogP contribution in [0.4, 0.5) is 11.4 Å². The van der Waals surface area contributed by atoms with Gasteiger partial charge in [0.15, 0.2) is 9.84 Å². The third-order valence-corrected chi connectivity index (χ3v) is 8.82. The SMILES string of the molecule is CC(=O)N1CCc2cc(Br)cc(S(=O)(=O)CCC(=O)N3CCN(c4ccc(C)cc4)[C@H](C)C3)c21. The van der Waals surface area contributed by atoms with Crippen LogP contribution in [0.25, 0.3) is 0 Å². The Hall–Kier alpha value is -2.39. The molecule has 9 heteroatoms. The van der Waals surface area contributed by atoms with E-state index in [1.165, 1.54) is 17.4 Å². The second-order valence-electron chi connectivity index (χ2n) is 9.12. The highest BCUT2D eigenvalue weighted by atomic mass is 79.9. The summed E-state index contributed by atoms with van der Waals surface area (Å²) in [5, 5.41) is 0. The number of hydrogen-bond acceptors (Lipinski definition) is 5. The molecule has 2 aromatic carbocycles. The van der Waals surface area contributed by atoms with Crippen molar-refractivity contribution < 1.29 is 18.0 Å². The molecule has 7 nitrogen and oxygen atoms in total. The van der Waals surface area contributed by atoms with Gasteiger partial charge in [-0.3, -0.25) is 9.59 Å². The number of carbonyl (C=O) groups excluding carboxylic acids is 2. The highest BCUT2D eigenvalue weighted by molar-refractivity contribution is 9.10. The van der Waals surface area contributed by atoms with Crippen molar-refractivity contribution in [2.45, 2.75) is 44.6 Å². The zero-order valence-electron chi connectivity index (χ0n) is 19.8. The van der Waals surface area contributed by atoms with Crippen LogP contribution in [0.5, 0.6) is 0 Å². The average Bonchev–Trinajstić information content (AvgIpc) is 3.21. The van der Waals surface area contributed by atoms with Crippen molar-refractivity contribution in [1.29, 1.82) is 0 Å². The van der Waals surface area contributed by atoms with E-state index in [2.05, 4.69) is 58.9 Å². The molecule has 2 amide bonds. The van der Waals surface area contributed by atoms with Gasteiger partial charge in [-0.1, -0.05) is 33.6 Å². The molecule has 1 saturated heterocycles. The van der Waals surface area contributed by atoms with Crippen molar-refractivity contribution in [3.63, 3.8) is 0 Å². The number of hydrogen-bond donors (Lipinski definition) is 0. The summed E-state index contributed by atoms with van der Waals surface area (Å²) in [5.41, 5.74) is 3.62. The van der Waals surface area contributed by atoms with E-state index in [0.717, 1.165) is 11.3 Å². The first-order valence-corrected chi connectivity index (χ1v) is 14.0. The fourth-order valence-electron chi connectivity index (χ4n) is 4.81. The van der Waals surface area contributed by atoms with Crippen LogP contribution in [0, 0.1) is 6.92 Å². The molecule has 0 aromatic heterocycles. The van der Waals surface area contributed by atoms with Gasteiger partial charge >= 0.3 is 0 Å². The van der Waals surface area contributed by atoms with Crippen LogP contribution in [0.3, 0.4) is 0 Å². The van der Waals surface area contributed by atoms with Crippen molar-refractivity contribution in [1.82, 2.24) is 4.90 Å². The molecule has 0 unspecified atom stereocenters. The molecule has 0 radical (unpaired) electrons. The fraction of sp³-hybridized carbons (Fsp3) is 0.440. The van der Waals surface area contributed by atoms with Gasteiger partial charge in [0, 0.05) is 55.7 Å². The summed E-state index contributed by atoms with van der Waals surface area (Å²) >= 11 is 3.40. The average molecular weight is 549 g/mol. The topological polar surface area (TPSA) is 78.0 Å². The first-order chi connectivity index (χ1) is 16.1. The van der Waals surface area contributed by atoms with Crippen molar-refractivity contribution >= 4 is 49.0 Å². The number of rotatable bonds is 5. The first-order valence-electron chi connectivity index (χ1n) is 11.5. The second-order valence-corrected chi connectivity index (χ2v) is 12.1. The van der Waals surface area contributed by atoms with E-state index in [9.17, 15) is 18.0 Å². The lowest BCUT2D eigenvalue weighted by molar-refractivity contribution is -0.131. The van der Waals surface area contributed by atoms with Gasteiger partial charge in [0.1, 0.15) is 0 Å². The van der Waals surface area contributed by atoms with Crippen LogP contribution in [0.1, 0.15) is 31.4 Å². The lowest BCUT2D eigenvalue weighted by Gasteiger charge is -2.41. The smallest absolute Gasteiger partial charge is 0.223 e. The number of amides is 2. The monoisotopic (exact) mass is 547 g/mol. The number of sulfone groups is 1. The number of halogens is 1. The molecule has 1 atom stereocenters. The first kappa shape index (κ1) is 24.7. The number of carbonyl (C=O) groups is 2. The standard InChI is InChI=1S/C25H30BrN3O4S/c1-17-4-6-22(7-5-17)28-12-11-27(16-18(28)2)24(31)9-13-34(32,33)23-15-21(26)14-20-8-10-29(19(3)30)25(20)23/h4-7,14-15,18H,8-13,16H2,1-3H3/t18-/m1/s1. The van der Waals surface area contributed by atoms with Gasteiger partial charge in [0.05, 0.1) is 16.3 Å². The number of aryl methyl sites for hydroxylation is 1. The molecule has 2 heterocycles. The Morgan fingerprint density at radius 3 is 2.44 bits per heavy atom. The minimum atomic E-state index is -3.76. The normalized spacial score (nSPS) is 18.2. The van der Waals surface area contributed by atoms with Crippen molar-refractivity contribution in [3.05, 3.63) is 52.0 Å². The van der Waals surface area contributed by atoms with E-state index < -0.39 is 9.84 Å². The molecule has 0 bridgehead atoms. The van der Waals surface area contributed by atoms with Crippen LogP contribution in [0.2, 0.25) is 0 Å². The second kappa shape index (κ2) is 9.70. The summed E-state index contributed by atoms with van der Waals surface area (Å²) in [6.45, 7) is 7.85. The lowest BCUT2D eigenvalue weighted by atomic mass is 10.1. The molecule has 0 saturated carbocycles. The summed E-state index contributed by atoms with van der Waals surface area (Å²) in [6.07, 6.45) is 0.528. The maximum absolute atomic E-state index is 13.3. The zero-order chi connectivity index (χ0) is 24.6.